The minimum atomic E-state index is -0.882. The number of ether oxygens (including phenoxy) is 1. The van der Waals surface area contributed by atoms with Crippen LogP contribution in [0.4, 0.5) is 13.6 Å². The first-order valence-corrected chi connectivity index (χ1v) is 10.4. The third-order valence-electron chi connectivity index (χ3n) is 4.38. The maximum Gasteiger partial charge on any atom is 0.404 e. The Kier molecular flexibility index (Phi) is 7.11. The first kappa shape index (κ1) is 22.5. The van der Waals surface area contributed by atoms with Crippen molar-refractivity contribution in [3.05, 3.63) is 75.6 Å². The lowest BCUT2D eigenvalue weighted by molar-refractivity contribution is 0.157. The number of halogens is 2. The van der Waals surface area contributed by atoms with Gasteiger partial charge in [0.25, 0.3) is 0 Å². The Morgan fingerprint density at radius 3 is 2.55 bits per heavy atom. The average molecular weight is 448 g/mol. The summed E-state index contributed by atoms with van der Waals surface area (Å²) in [4.78, 5) is 30.1. The van der Waals surface area contributed by atoms with Crippen LogP contribution in [0.1, 0.15) is 36.8 Å². The molecular weight excluding hydrogens is 426 g/mol. The summed E-state index contributed by atoms with van der Waals surface area (Å²) in [5.41, 5.74) is 6.37. The molecular formula is C21H22F2N4O3S. The van der Waals surface area contributed by atoms with E-state index in [1.165, 1.54) is 30.0 Å². The Bertz CT molecular complexity index is 1100. The molecule has 164 valence electrons. The molecule has 3 N–H and O–H groups in total. The van der Waals surface area contributed by atoms with Crippen molar-refractivity contribution in [2.45, 2.75) is 42.7 Å². The van der Waals surface area contributed by atoms with Gasteiger partial charge in [0, 0.05) is 29.6 Å². The summed E-state index contributed by atoms with van der Waals surface area (Å²) in [5, 5.41) is 0.709. The molecule has 0 aliphatic heterocycles. The van der Waals surface area contributed by atoms with E-state index in [2.05, 4.69) is 4.98 Å². The van der Waals surface area contributed by atoms with Crippen molar-refractivity contribution in [2.75, 3.05) is 6.61 Å². The largest absolute Gasteiger partial charge is 0.449 e. The van der Waals surface area contributed by atoms with Crippen molar-refractivity contribution in [2.24, 2.45) is 5.73 Å². The minimum absolute atomic E-state index is 0.0218. The highest BCUT2D eigenvalue weighted by Gasteiger charge is 2.21. The highest BCUT2D eigenvalue weighted by Crippen LogP contribution is 2.36. The van der Waals surface area contributed by atoms with Gasteiger partial charge in [0.1, 0.15) is 29.1 Å². The molecule has 0 aliphatic rings. The van der Waals surface area contributed by atoms with Gasteiger partial charge in [-0.05, 0) is 23.6 Å². The fourth-order valence-electron chi connectivity index (χ4n) is 3.01. The van der Waals surface area contributed by atoms with Gasteiger partial charge in [-0.3, -0.25) is 4.79 Å². The third kappa shape index (κ3) is 5.94. The molecule has 1 amide bonds. The lowest BCUT2D eigenvalue weighted by Gasteiger charge is -2.14. The molecule has 3 aromatic rings. The second-order valence-corrected chi connectivity index (χ2v) is 8.21. The number of carbonyl (C=O) groups excluding carboxylic acids is 1. The van der Waals surface area contributed by atoms with Gasteiger partial charge in [-0.15, -0.1) is 0 Å². The molecule has 0 radical (unpaired) electrons. The first-order valence-electron chi connectivity index (χ1n) is 9.56. The van der Waals surface area contributed by atoms with Crippen LogP contribution in [0.3, 0.4) is 0 Å². The lowest BCUT2D eigenvalue weighted by Crippen LogP contribution is -2.16. The van der Waals surface area contributed by atoms with E-state index in [0.29, 0.717) is 28.7 Å². The van der Waals surface area contributed by atoms with E-state index in [0.717, 1.165) is 17.3 Å². The number of nitrogens with two attached hydrogens (primary N) is 1. The number of hydrogen-bond donors (Lipinski definition) is 2. The van der Waals surface area contributed by atoms with Crippen LogP contribution in [0.2, 0.25) is 0 Å². The number of carbonyl (C=O) groups is 1. The van der Waals surface area contributed by atoms with Gasteiger partial charge in [0.05, 0.1) is 12.2 Å². The lowest BCUT2D eigenvalue weighted by atomic mass is 10.1. The molecule has 1 aromatic carbocycles. The molecule has 0 saturated heterocycles. The summed E-state index contributed by atoms with van der Waals surface area (Å²) in [5.74, 6) is -0.699. The highest BCUT2D eigenvalue weighted by molar-refractivity contribution is 7.99. The van der Waals surface area contributed by atoms with E-state index in [4.69, 9.17) is 15.5 Å². The molecule has 0 unspecified atom stereocenters. The van der Waals surface area contributed by atoms with Crippen LogP contribution >= 0.6 is 11.8 Å². The van der Waals surface area contributed by atoms with Crippen LogP contribution in [-0.2, 0) is 17.7 Å². The monoisotopic (exact) mass is 448 g/mol. The van der Waals surface area contributed by atoms with Crippen LogP contribution in [0.5, 0.6) is 0 Å². The maximum absolute atomic E-state index is 13.8. The Balaban J connectivity index is 2.05. The molecule has 10 heteroatoms. The van der Waals surface area contributed by atoms with E-state index >= 15 is 0 Å². The summed E-state index contributed by atoms with van der Waals surface area (Å²) in [6.07, 6.45) is 1.01. The topological polar surface area (TPSA) is 103 Å². The van der Waals surface area contributed by atoms with Crippen LogP contribution in [-0.4, -0.2) is 27.2 Å². The summed E-state index contributed by atoms with van der Waals surface area (Å²) in [6, 6.07) is 6.43. The number of aromatic nitrogens is 3. The van der Waals surface area contributed by atoms with E-state index < -0.39 is 17.7 Å². The smallest absolute Gasteiger partial charge is 0.404 e. The number of aromatic amines is 1. The molecule has 2 aromatic heterocycles. The van der Waals surface area contributed by atoms with Gasteiger partial charge in [-0.1, -0.05) is 31.7 Å². The Hall–Kier alpha value is -3.14. The summed E-state index contributed by atoms with van der Waals surface area (Å²) in [7, 11) is 0. The maximum atomic E-state index is 13.8. The van der Waals surface area contributed by atoms with Crippen LogP contribution in [0, 0.1) is 11.6 Å². The van der Waals surface area contributed by atoms with Crippen molar-refractivity contribution >= 4 is 17.9 Å². The van der Waals surface area contributed by atoms with Gasteiger partial charge in [-0.25, -0.2) is 18.6 Å². The number of imidazole rings is 1. The molecule has 0 atom stereocenters. The predicted octanol–water partition coefficient (Wildman–Crippen LogP) is 3.81. The molecule has 2 heterocycles. The van der Waals surface area contributed by atoms with E-state index in [1.807, 2.05) is 18.4 Å². The zero-order valence-electron chi connectivity index (χ0n) is 17.0. The summed E-state index contributed by atoms with van der Waals surface area (Å²) >= 11 is 1.20. The number of primary amides is 1. The number of hydrogen-bond acceptors (Lipinski definition) is 5. The standard InChI is InChI=1S/C21H22F2N4O3S/c1-12(2)19-20(31-16-8-14(22)7-15(23)9-16)27(11-13-3-4-18(28)25-10-13)17(26-19)5-6-30-21(24)29/h3-4,7-10,12H,5-6,11H2,1-2H3,(H2,24,29)(H,25,28). The van der Waals surface area contributed by atoms with Gasteiger partial charge in [-0.2, -0.15) is 0 Å². The quantitative estimate of drug-likeness (QED) is 0.546. The summed E-state index contributed by atoms with van der Waals surface area (Å²) < 4.78 is 34.3. The van der Waals surface area contributed by atoms with Gasteiger partial charge in [0.15, 0.2) is 0 Å². The molecule has 0 fully saturated rings. The second kappa shape index (κ2) is 9.78. The van der Waals surface area contributed by atoms with E-state index in [9.17, 15) is 18.4 Å². The van der Waals surface area contributed by atoms with Crippen molar-refractivity contribution in [3.63, 3.8) is 0 Å². The highest BCUT2D eigenvalue weighted by atomic mass is 32.2. The van der Waals surface area contributed by atoms with E-state index in [-0.39, 0.29) is 18.1 Å². The molecule has 7 nitrogen and oxygen atoms in total. The Morgan fingerprint density at radius 2 is 1.97 bits per heavy atom. The number of benzene rings is 1. The SMILES string of the molecule is CC(C)c1nc(CCOC(N)=O)n(Cc2ccc(=O)[nH]c2)c1Sc1cc(F)cc(F)c1. The van der Waals surface area contributed by atoms with Crippen molar-refractivity contribution in [1.82, 2.24) is 14.5 Å². The molecule has 0 saturated carbocycles. The third-order valence-corrected chi connectivity index (χ3v) is 5.48. The Labute approximate surface area is 181 Å². The zero-order valence-corrected chi connectivity index (χ0v) is 17.8. The second-order valence-electron chi connectivity index (χ2n) is 7.15. The minimum Gasteiger partial charge on any atom is -0.449 e. The van der Waals surface area contributed by atoms with Gasteiger partial charge < -0.3 is 20.0 Å². The van der Waals surface area contributed by atoms with Crippen LogP contribution in [0.25, 0.3) is 0 Å². The van der Waals surface area contributed by atoms with Gasteiger partial charge >= 0.3 is 6.09 Å². The van der Waals surface area contributed by atoms with Crippen LogP contribution < -0.4 is 11.3 Å². The fraction of sp³-hybridized carbons (Fsp3) is 0.286. The van der Waals surface area contributed by atoms with Gasteiger partial charge in [0.2, 0.25) is 5.56 Å². The van der Waals surface area contributed by atoms with E-state index in [1.54, 1.807) is 12.3 Å². The van der Waals surface area contributed by atoms with Crippen molar-refractivity contribution in [1.29, 1.82) is 0 Å². The molecule has 0 aliphatic carbocycles. The number of amides is 1. The average Bonchev–Trinajstić information content (AvgIpc) is 3.00. The molecule has 31 heavy (non-hydrogen) atoms. The van der Waals surface area contributed by atoms with Crippen molar-refractivity contribution < 1.29 is 18.3 Å². The zero-order chi connectivity index (χ0) is 22.5. The predicted molar refractivity (Wildman–Crippen MR) is 112 cm³/mol. The molecule has 0 bridgehead atoms. The molecule has 0 spiro atoms. The number of pyridine rings is 1. The number of nitrogens with one attached hydrogen (secondary N) is 1. The number of nitrogens with zero attached hydrogens (tertiary/aromatic N) is 2. The normalized spacial score (nSPS) is 11.1. The molecule has 3 rings (SSSR count). The van der Waals surface area contributed by atoms with Crippen LogP contribution in [0.15, 0.2) is 51.2 Å². The summed E-state index contributed by atoms with van der Waals surface area (Å²) in [6.45, 7) is 4.32. The van der Waals surface area contributed by atoms with Crippen molar-refractivity contribution in [3.8, 4) is 0 Å². The first-order chi connectivity index (χ1) is 14.7. The fourth-order valence-corrected chi connectivity index (χ4v) is 4.24. The number of rotatable bonds is 8. The Morgan fingerprint density at radius 1 is 1.26 bits per heavy atom. The number of H-pyrrole nitrogens is 1.